The molecule has 0 saturated heterocycles. The van der Waals surface area contributed by atoms with E-state index in [4.69, 9.17) is 11.6 Å². The van der Waals surface area contributed by atoms with Crippen LogP contribution in [0.3, 0.4) is 0 Å². The maximum Gasteiger partial charge on any atom is 0.285 e. The fourth-order valence-corrected chi connectivity index (χ4v) is 0.987. The monoisotopic (exact) mass is 202 g/mol. The van der Waals surface area contributed by atoms with Gasteiger partial charge in [-0.15, -0.1) is 0 Å². The smallest absolute Gasteiger partial charge is 0.285 e. The minimum atomic E-state index is -0.379. The second kappa shape index (κ2) is 4.84. The number of anilines is 1. The van der Waals surface area contributed by atoms with Gasteiger partial charge in [0, 0.05) is 13.1 Å². The molecule has 0 amide bonds. The number of aromatic amines is 1. The molecule has 5 nitrogen and oxygen atoms in total. The Morgan fingerprint density at radius 2 is 2.38 bits per heavy atom. The van der Waals surface area contributed by atoms with E-state index in [0.29, 0.717) is 12.2 Å². The summed E-state index contributed by atoms with van der Waals surface area (Å²) in [6.45, 7) is 1.49. The van der Waals surface area contributed by atoms with E-state index in [2.05, 4.69) is 20.8 Å². The summed E-state index contributed by atoms with van der Waals surface area (Å²) in [6, 6.07) is 0. The van der Waals surface area contributed by atoms with E-state index in [9.17, 15) is 4.79 Å². The second-order valence-electron chi connectivity index (χ2n) is 2.46. The van der Waals surface area contributed by atoms with Crippen molar-refractivity contribution in [2.75, 3.05) is 25.5 Å². The molecule has 0 atom stereocenters. The quantitative estimate of drug-likeness (QED) is 0.604. The molecule has 0 bridgehead atoms. The zero-order valence-corrected chi connectivity index (χ0v) is 7.98. The van der Waals surface area contributed by atoms with Gasteiger partial charge in [-0.3, -0.25) is 4.79 Å². The molecule has 1 heterocycles. The third-order valence-electron chi connectivity index (χ3n) is 1.49. The largest absolute Gasteiger partial charge is 0.381 e. The van der Waals surface area contributed by atoms with Gasteiger partial charge in [0.15, 0.2) is 0 Å². The van der Waals surface area contributed by atoms with Gasteiger partial charge in [-0.05, 0) is 7.05 Å². The van der Waals surface area contributed by atoms with Crippen molar-refractivity contribution in [2.45, 2.75) is 0 Å². The molecule has 0 radical (unpaired) electrons. The highest BCUT2D eigenvalue weighted by Crippen LogP contribution is 2.13. The molecule has 3 N–H and O–H groups in total. The van der Waals surface area contributed by atoms with Gasteiger partial charge in [0.05, 0.1) is 11.9 Å². The zero-order valence-electron chi connectivity index (χ0n) is 7.22. The molecule has 6 heteroatoms. The van der Waals surface area contributed by atoms with Gasteiger partial charge in [-0.25, -0.2) is 5.10 Å². The summed E-state index contributed by atoms with van der Waals surface area (Å²) in [5, 5.41) is 11.9. The Hall–Kier alpha value is -1.07. The first-order valence-corrected chi connectivity index (χ1v) is 4.25. The lowest BCUT2D eigenvalue weighted by molar-refractivity contribution is 0.822. The number of nitrogens with zero attached hydrogens (tertiary/aromatic N) is 1. The number of halogens is 1. The van der Waals surface area contributed by atoms with E-state index < -0.39 is 0 Å². The first-order valence-electron chi connectivity index (χ1n) is 3.87. The SMILES string of the molecule is CNCCNc1cn[nH]c(=O)c1Cl. The maximum absolute atomic E-state index is 11.0. The van der Waals surface area contributed by atoms with Crippen LogP contribution in [0.4, 0.5) is 5.69 Å². The van der Waals surface area contributed by atoms with Crippen LogP contribution < -0.4 is 16.2 Å². The van der Waals surface area contributed by atoms with Gasteiger partial charge in [-0.1, -0.05) is 11.6 Å². The fraction of sp³-hybridized carbons (Fsp3) is 0.429. The van der Waals surface area contributed by atoms with Gasteiger partial charge in [-0.2, -0.15) is 5.10 Å². The molecule has 0 aliphatic rings. The Bertz CT molecular complexity index is 325. The predicted molar refractivity (Wildman–Crippen MR) is 52.3 cm³/mol. The van der Waals surface area contributed by atoms with Crippen LogP contribution in [0, 0.1) is 0 Å². The molecule has 1 rings (SSSR count). The molecular weight excluding hydrogens is 192 g/mol. The summed E-state index contributed by atoms with van der Waals surface area (Å²) in [6.07, 6.45) is 1.49. The third-order valence-corrected chi connectivity index (χ3v) is 1.86. The number of hydrogen-bond donors (Lipinski definition) is 3. The van der Waals surface area contributed by atoms with Gasteiger partial charge in [0.25, 0.3) is 5.56 Å². The summed E-state index contributed by atoms with van der Waals surface area (Å²) in [4.78, 5) is 11.0. The first-order chi connectivity index (χ1) is 6.25. The van der Waals surface area contributed by atoms with E-state index in [1.54, 1.807) is 0 Å². The molecule has 0 aromatic carbocycles. The number of rotatable bonds is 4. The number of nitrogens with one attached hydrogen (secondary N) is 3. The molecular formula is C7H11ClN4O. The lowest BCUT2D eigenvalue weighted by Gasteiger charge is -2.05. The van der Waals surface area contributed by atoms with Crippen molar-refractivity contribution in [1.82, 2.24) is 15.5 Å². The normalized spacial score (nSPS) is 10.0. The fourth-order valence-electron chi connectivity index (χ4n) is 0.829. The van der Waals surface area contributed by atoms with Crippen LogP contribution in [0.2, 0.25) is 5.02 Å². The van der Waals surface area contributed by atoms with Crippen molar-refractivity contribution in [3.63, 3.8) is 0 Å². The summed E-state index contributed by atoms with van der Waals surface area (Å²) in [5.41, 5.74) is 0.178. The van der Waals surface area contributed by atoms with E-state index >= 15 is 0 Å². The molecule has 1 aromatic rings. The number of hydrogen-bond acceptors (Lipinski definition) is 4. The topological polar surface area (TPSA) is 69.8 Å². The first kappa shape index (κ1) is 10.0. The van der Waals surface area contributed by atoms with E-state index in [-0.39, 0.29) is 10.6 Å². The van der Waals surface area contributed by atoms with Crippen LogP contribution in [-0.4, -0.2) is 30.3 Å². The number of H-pyrrole nitrogens is 1. The third kappa shape index (κ3) is 2.71. The summed E-state index contributed by atoms with van der Waals surface area (Å²) < 4.78 is 0. The molecule has 0 spiro atoms. The Morgan fingerprint density at radius 3 is 3.08 bits per heavy atom. The number of likely N-dealkylation sites (N-methyl/N-ethyl adjacent to an activating group) is 1. The van der Waals surface area contributed by atoms with Crippen LogP contribution in [0.25, 0.3) is 0 Å². The minimum absolute atomic E-state index is 0.145. The van der Waals surface area contributed by atoms with Crippen LogP contribution in [-0.2, 0) is 0 Å². The van der Waals surface area contributed by atoms with Crippen molar-refractivity contribution in [1.29, 1.82) is 0 Å². The second-order valence-corrected chi connectivity index (χ2v) is 2.84. The van der Waals surface area contributed by atoms with E-state index in [0.717, 1.165) is 6.54 Å². The van der Waals surface area contributed by atoms with Crippen LogP contribution >= 0.6 is 11.6 Å². The Labute approximate surface area is 80.5 Å². The molecule has 1 aromatic heterocycles. The van der Waals surface area contributed by atoms with Gasteiger partial charge >= 0.3 is 0 Å². The molecule has 0 saturated carbocycles. The summed E-state index contributed by atoms with van der Waals surface area (Å²) >= 11 is 5.71. The van der Waals surface area contributed by atoms with Crippen molar-refractivity contribution in [3.05, 3.63) is 21.6 Å². The van der Waals surface area contributed by atoms with E-state index in [1.807, 2.05) is 7.05 Å². The number of aromatic nitrogens is 2. The van der Waals surface area contributed by atoms with Crippen molar-refractivity contribution < 1.29 is 0 Å². The maximum atomic E-state index is 11.0. The highest BCUT2D eigenvalue weighted by molar-refractivity contribution is 6.32. The predicted octanol–water partition coefficient (Wildman–Crippen LogP) is 0.0546. The van der Waals surface area contributed by atoms with Gasteiger partial charge in [0.1, 0.15) is 5.02 Å². The van der Waals surface area contributed by atoms with Crippen molar-refractivity contribution >= 4 is 17.3 Å². The Kier molecular flexibility index (Phi) is 3.72. The minimum Gasteiger partial charge on any atom is -0.381 e. The standard InChI is InChI=1S/C7H11ClN4O/c1-9-2-3-10-5-4-11-12-7(13)6(5)8/h4,9H,2-3H2,1H3,(H2,10,12,13). The van der Waals surface area contributed by atoms with E-state index in [1.165, 1.54) is 6.20 Å². The summed E-state index contributed by atoms with van der Waals surface area (Å²) in [5.74, 6) is 0. The highest BCUT2D eigenvalue weighted by atomic mass is 35.5. The molecule has 13 heavy (non-hydrogen) atoms. The van der Waals surface area contributed by atoms with Gasteiger partial charge < -0.3 is 10.6 Å². The molecule has 0 aliphatic heterocycles. The molecule has 72 valence electrons. The summed E-state index contributed by atoms with van der Waals surface area (Å²) in [7, 11) is 1.85. The molecule has 0 fully saturated rings. The average Bonchev–Trinajstić information content (AvgIpc) is 2.13. The Morgan fingerprint density at radius 1 is 1.62 bits per heavy atom. The van der Waals surface area contributed by atoms with Crippen molar-refractivity contribution in [3.8, 4) is 0 Å². The van der Waals surface area contributed by atoms with Crippen LogP contribution in [0.15, 0.2) is 11.0 Å². The van der Waals surface area contributed by atoms with Crippen molar-refractivity contribution in [2.24, 2.45) is 0 Å². The molecule has 0 unspecified atom stereocenters. The van der Waals surface area contributed by atoms with Gasteiger partial charge in [0.2, 0.25) is 0 Å². The van der Waals surface area contributed by atoms with Crippen LogP contribution in [0.1, 0.15) is 0 Å². The lowest BCUT2D eigenvalue weighted by atomic mass is 10.4. The highest BCUT2D eigenvalue weighted by Gasteiger charge is 2.02. The zero-order chi connectivity index (χ0) is 9.68. The van der Waals surface area contributed by atoms with Crippen LogP contribution in [0.5, 0.6) is 0 Å². The molecule has 0 aliphatic carbocycles. The average molecular weight is 203 g/mol. The lowest BCUT2D eigenvalue weighted by Crippen LogP contribution is -2.19. The Balaban J connectivity index is 2.66.